The van der Waals surface area contributed by atoms with Crippen molar-refractivity contribution in [2.75, 3.05) is 5.32 Å². The lowest BCUT2D eigenvalue weighted by molar-refractivity contribution is 0.0660. The molecule has 0 fully saturated rings. The molecule has 2 rings (SSSR count). The van der Waals surface area contributed by atoms with Gasteiger partial charge in [-0.15, -0.1) is 0 Å². The molecule has 0 amide bonds. The molecule has 0 saturated carbocycles. The van der Waals surface area contributed by atoms with E-state index in [1.165, 1.54) is 18.2 Å². The maximum atomic E-state index is 13.4. The summed E-state index contributed by atoms with van der Waals surface area (Å²) in [5.41, 5.74) is -0.275. The Morgan fingerprint density at radius 1 is 1.26 bits per heavy atom. The van der Waals surface area contributed by atoms with E-state index in [0.717, 1.165) is 12.1 Å². The van der Waals surface area contributed by atoms with Crippen LogP contribution in [0.3, 0.4) is 0 Å². The minimum absolute atomic E-state index is 0.224. The zero-order valence-corrected chi connectivity index (χ0v) is 9.98. The van der Waals surface area contributed by atoms with Crippen molar-refractivity contribution in [3.05, 3.63) is 53.5 Å². The number of rotatable bonds is 4. The van der Waals surface area contributed by atoms with Crippen LogP contribution in [0.15, 0.2) is 34.7 Å². The molecule has 0 aliphatic carbocycles. The number of nitrogens with one attached hydrogen (secondary N) is 1. The second-order valence-electron chi connectivity index (χ2n) is 3.97. The smallest absolute Gasteiger partial charge is 0.371 e. The molecule has 0 aliphatic heterocycles. The Labute approximate surface area is 107 Å². The molecule has 0 radical (unpaired) electrons. The van der Waals surface area contributed by atoms with E-state index in [-0.39, 0.29) is 17.2 Å². The number of para-hydroxylation sites is 1. The minimum Gasteiger partial charge on any atom is -0.475 e. The average molecular weight is 267 g/mol. The van der Waals surface area contributed by atoms with Gasteiger partial charge < -0.3 is 14.8 Å². The van der Waals surface area contributed by atoms with Crippen LogP contribution in [-0.4, -0.2) is 11.1 Å². The van der Waals surface area contributed by atoms with E-state index in [9.17, 15) is 13.6 Å². The molecule has 4 nitrogen and oxygen atoms in total. The fraction of sp³-hybridized carbons (Fsp3) is 0.154. The average Bonchev–Trinajstić information content (AvgIpc) is 2.83. The predicted octanol–water partition coefficient (Wildman–Crippen LogP) is 3.43. The zero-order valence-electron chi connectivity index (χ0n) is 9.98. The third-order valence-electron chi connectivity index (χ3n) is 2.59. The van der Waals surface area contributed by atoms with Crippen LogP contribution in [-0.2, 0) is 0 Å². The molecule has 1 unspecified atom stereocenters. The van der Waals surface area contributed by atoms with Gasteiger partial charge in [0.1, 0.15) is 23.1 Å². The molecule has 6 heteroatoms. The molecule has 100 valence electrons. The van der Waals surface area contributed by atoms with E-state index in [4.69, 9.17) is 9.52 Å². The predicted molar refractivity (Wildman–Crippen MR) is 64.1 cm³/mol. The van der Waals surface area contributed by atoms with Crippen LogP contribution in [0.4, 0.5) is 14.5 Å². The number of anilines is 1. The third-order valence-corrected chi connectivity index (χ3v) is 2.59. The molecule has 2 N–H and O–H groups in total. The summed E-state index contributed by atoms with van der Waals surface area (Å²) in [6.07, 6.45) is 0. The minimum atomic E-state index is -1.20. The van der Waals surface area contributed by atoms with E-state index >= 15 is 0 Å². The number of carboxylic acid groups (broad SMARTS) is 1. The molecule has 0 aliphatic rings. The summed E-state index contributed by atoms with van der Waals surface area (Å²) < 4.78 is 31.9. The summed E-state index contributed by atoms with van der Waals surface area (Å²) in [4.78, 5) is 10.7. The Balaban J connectivity index is 2.20. The van der Waals surface area contributed by atoms with Crippen molar-refractivity contribution in [2.45, 2.75) is 13.0 Å². The van der Waals surface area contributed by atoms with Crippen molar-refractivity contribution in [1.82, 2.24) is 0 Å². The number of carbonyl (C=O) groups is 1. The van der Waals surface area contributed by atoms with Crippen LogP contribution < -0.4 is 5.32 Å². The molecule has 2 aromatic rings. The summed E-state index contributed by atoms with van der Waals surface area (Å²) in [7, 11) is 0. The monoisotopic (exact) mass is 267 g/mol. The van der Waals surface area contributed by atoms with Crippen molar-refractivity contribution < 1.29 is 23.1 Å². The molecular weight excluding hydrogens is 256 g/mol. The van der Waals surface area contributed by atoms with Gasteiger partial charge >= 0.3 is 5.97 Å². The van der Waals surface area contributed by atoms with Crippen LogP contribution in [0.2, 0.25) is 0 Å². The quantitative estimate of drug-likeness (QED) is 0.890. The number of hydrogen-bond donors (Lipinski definition) is 2. The fourth-order valence-electron chi connectivity index (χ4n) is 1.62. The Hall–Kier alpha value is -2.37. The number of halogens is 2. The Kier molecular flexibility index (Phi) is 3.50. The van der Waals surface area contributed by atoms with E-state index in [0.29, 0.717) is 0 Å². The van der Waals surface area contributed by atoms with E-state index < -0.39 is 23.6 Å². The number of carboxylic acids is 1. The van der Waals surface area contributed by atoms with E-state index in [1.54, 1.807) is 6.92 Å². The van der Waals surface area contributed by atoms with E-state index in [2.05, 4.69) is 5.32 Å². The molecule has 1 aromatic heterocycles. The molecular formula is C13H11F2NO3. The van der Waals surface area contributed by atoms with Crippen molar-refractivity contribution >= 4 is 11.7 Å². The molecule has 0 spiro atoms. The van der Waals surface area contributed by atoms with Gasteiger partial charge in [0.2, 0.25) is 5.76 Å². The number of furan rings is 1. The highest BCUT2D eigenvalue weighted by atomic mass is 19.1. The summed E-state index contributed by atoms with van der Waals surface area (Å²) in [5.74, 6) is -2.60. The van der Waals surface area contributed by atoms with Crippen LogP contribution in [0, 0.1) is 11.6 Å². The van der Waals surface area contributed by atoms with Gasteiger partial charge in [-0.25, -0.2) is 13.6 Å². The first-order valence-corrected chi connectivity index (χ1v) is 5.52. The van der Waals surface area contributed by atoms with Gasteiger partial charge in [-0.2, -0.15) is 0 Å². The number of benzene rings is 1. The maximum absolute atomic E-state index is 13.4. The molecule has 1 heterocycles. The van der Waals surface area contributed by atoms with Gasteiger partial charge in [0.05, 0.1) is 6.04 Å². The van der Waals surface area contributed by atoms with Gasteiger partial charge in [-0.05, 0) is 31.2 Å². The highest BCUT2D eigenvalue weighted by Gasteiger charge is 2.17. The molecule has 1 aromatic carbocycles. The van der Waals surface area contributed by atoms with Crippen LogP contribution in [0.5, 0.6) is 0 Å². The fourth-order valence-corrected chi connectivity index (χ4v) is 1.62. The van der Waals surface area contributed by atoms with Gasteiger partial charge in [0.15, 0.2) is 0 Å². The second-order valence-corrected chi connectivity index (χ2v) is 3.97. The van der Waals surface area contributed by atoms with Gasteiger partial charge in [-0.1, -0.05) is 6.07 Å². The Morgan fingerprint density at radius 3 is 2.42 bits per heavy atom. The van der Waals surface area contributed by atoms with Gasteiger partial charge in [-0.3, -0.25) is 0 Å². The highest BCUT2D eigenvalue weighted by molar-refractivity contribution is 5.84. The van der Waals surface area contributed by atoms with E-state index in [1.807, 2.05) is 0 Å². The zero-order chi connectivity index (χ0) is 14.0. The van der Waals surface area contributed by atoms with Crippen molar-refractivity contribution in [1.29, 1.82) is 0 Å². The topological polar surface area (TPSA) is 62.5 Å². The largest absolute Gasteiger partial charge is 0.475 e. The lowest BCUT2D eigenvalue weighted by atomic mass is 10.2. The lowest BCUT2D eigenvalue weighted by Crippen LogP contribution is -2.09. The third kappa shape index (κ3) is 2.73. The maximum Gasteiger partial charge on any atom is 0.371 e. The van der Waals surface area contributed by atoms with Gasteiger partial charge in [0.25, 0.3) is 0 Å². The summed E-state index contributed by atoms with van der Waals surface area (Å²) in [5, 5.41) is 11.3. The summed E-state index contributed by atoms with van der Waals surface area (Å²) >= 11 is 0. The second kappa shape index (κ2) is 5.09. The standard InChI is InChI=1S/C13H11F2NO3/c1-7(10-5-6-11(19-10)13(17)18)16-12-8(14)3-2-4-9(12)15/h2-7,16H,1H3,(H,17,18). The first-order valence-electron chi connectivity index (χ1n) is 5.52. The van der Waals surface area contributed by atoms with Crippen LogP contribution in [0.1, 0.15) is 29.3 Å². The van der Waals surface area contributed by atoms with Crippen molar-refractivity contribution in [3.63, 3.8) is 0 Å². The van der Waals surface area contributed by atoms with Crippen LogP contribution in [0.25, 0.3) is 0 Å². The summed E-state index contributed by atoms with van der Waals surface area (Å²) in [6, 6.07) is 5.68. The first kappa shape index (κ1) is 13.1. The van der Waals surface area contributed by atoms with Crippen molar-refractivity contribution in [3.8, 4) is 0 Å². The number of hydrogen-bond acceptors (Lipinski definition) is 3. The molecule has 0 saturated heterocycles. The Morgan fingerprint density at radius 2 is 1.89 bits per heavy atom. The first-order chi connectivity index (χ1) is 8.99. The highest BCUT2D eigenvalue weighted by Crippen LogP contribution is 2.25. The molecule has 19 heavy (non-hydrogen) atoms. The number of aromatic carboxylic acids is 1. The SMILES string of the molecule is CC(Nc1c(F)cccc1F)c1ccc(C(=O)O)o1. The Bertz CT molecular complexity index is 589. The normalized spacial score (nSPS) is 12.2. The van der Waals surface area contributed by atoms with Crippen LogP contribution >= 0.6 is 0 Å². The lowest BCUT2D eigenvalue weighted by Gasteiger charge is -2.14. The molecule has 1 atom stereocenters. The van der Waals surface area contributed by atoms with Crippen molar-refractivity contribution in [2.24, 2.45) is 0 Å². The molecule has 0 bridgehead atoms. The summed E-state index contributed by atoms with van der Waals surface area (Å²) in [6.45, 7) is 1.61. The van der Waals surface area contributed by atoms with Gasteiger partial charge in [0, 0.05) is 0 Å².